The van der Waals surface area contributed by atoms with Crippen LogP contribution in [0.3, 0.4) is 0 Å². The highest BCUT2D eigenvalue weighted by Crippen LogP contribution is 2.43. The van der Waals surface area contributed by atoms with Crippen molar-refractivity contribution in [1.29, 1.82) is 0 Å². The Bertz CT molecular complexity index is 596. The van der Waals surface area contributed by atoms with Crippen molar-refractivity contribution in [1.82, 2.24) is 4.90 Å². The molecule has 2 rings (SSSR count). The maximum atomic E-state index is 13.7. The van der Waals surface area contributed by atoms with Crippen molar-refractivity contribution in [3.63, 3.8) is 0 Å². The van der Waals surface area contributed by atoms with Gasteiger partial charge in [-0.25, -0.2) is 4.39 Å². The fraction of sp³-hybridized carbons (Fsp3) is 0.579. The molecular weight excluding hydrogens is 309 g/mol. The molecule has 1 saturated carbocycles. The molecule has 0 radical (unpaired) electrons. The first-order chi connectivity index (χ1) is 11.4. The maximum absolute atomic E-state index is 13.7. The Morgan fingerprint density at radius 3 is 2.54 bits per heavy atom. The summed E-state index contributed by atoms with van der Waals surface area (Å²) in [4.78, 5) is 26.7. The van der Waals surface area contributed by atoms with Gasteiger partial charge >= 0.3 is 5.97 Å². The summed E-state index contributed by atoms with van der Waals surface area (Å²) in [5.41, 5.74) is 0.0719. The minimum Gasteiger partial charge on any atom is -0.469 e. The van der Waals surface area contributed by atoms with Gasteiger partial charge in [0, 0.05) is 13.1 Å². The lowest BCUT2D eigenvalue weighted by Gasteiger charge is -2.35. The van der Waals surface area contributed by atoms with E-state index in [0.29, 0.717) is 13.1 Å². The van der Waals surface area contributed by atoms with E-state index >= 15 is 0 Å². The number of hydrogen-bond donors (Lipinski definition) is 0. The van der Waals surface area contributed by atoms with Crippen LogP contribution in [0.2, 0.25) is 0 Å². The van der Waals surface area contributed by atoms with Crippen LogP contribution in [0.25, 0.3) is 0 Å². The summed E-state index contributed by atoms with van der Waals surface area (Å²) < 4.78 is 18.5. The van der Waals surface area contributed by atoms with E-state index in [2.05, 4.69) is 0 Å². The molecule has 0 aliphatic heterocycles. The van der Waals surface area contributed by atoms with Crippen LogP contribution in [0.4, 0.5) is 4.39 Å². The van der Waals surface area contributed by atoms with Gasteiger partial charge in [0.25, 0.3) is 0 Å². The number of halogens is 1. The summed E-state index contributed by atoms with van der Waals surface area (Å²) in [5, 5.41) is 0. The Labute approximate surface area is 143 Å². The molecule has 0 bridgehead atoms. The lowest BCUT2D eigenvalue weighted by molar-refractivity contribution is -0.147. The number of likely N-dealkylation sites (N-methyl/N-ethyl adjacent to an activating group) is 1. The molecule has 0 saturated heterocycles. The third kappa shape index (κ3) is 3.60. The van der Waals surface area contributed by atoms with E-state index in [0.717, 1.165) is 31.2 Å². The van der Waals surface area contributed by atoms with Crippen LogP contribution < -0.4 is 0 Å². The molecule has 1 aliphatic rings. The lowest BCUT2D eigenvalue weighted by atomic mass is 9.77. The molecule has 24 heavy (non-hydrogen) atoms. The van der Waals surface area contributed by atoms with Crippen LogP contribution in [0.15, 0.2) is 24.3 Å². The molecular formula is C19H26FNO3. The Kier molecular flexibility index (Phi) is 5.97. The third-order valence-corrected chi connectivity index (χ3v) is 5.01. The fourth-order valence-corrected chi connectivity index (χ4v) is 3.66. The van der Waals surface area contributed by atoms with E-state index in [1.165, 1.54) is 19.2 Å². The molecule has 4 nitrogen and oxygen atoms in total. The van der Waals surface area contributed by atoms with Crippen molar-refractivity contribution in [2.24, 2.45) is 5.92 Å². The Hall–Kier alpha value is -1.91. The number of esters is 1. The Morgan fingerprint density at radius 1 is 1.33 bits per heavy atom. The third-order valence-electron chi connectivity index (χ3n) is 5.01. The molecule has 0 N–H and O–H groups in total. The van der Waals surface area contributed by atoms with E-state index in [4.69, 9.17) is 4.74 Å². The van der Waals surface area contributed by atoms with Gasteiger partial charge in [-0.3, -0.25) is 9.59 Å². The highest BCUT2D eigenvalue weighted by Gasteiger charge is 2.45. The van der Waals surface area contributed by atoms with E-state index in [1.807, 2.05) is 13.0 Å². The zero-order chi connectivity index (χ0) is 17.7. The van der Waals surface area contributed by atoms with Crippen molar-refractivity contribution in [3.8, 4) is 0 Å². The van der Waals surface area contributed by atoms with Gasteiger partial charge in [-0.1, -0.05) is 31.9 Å². The van der Waals surface area contributed by atoms with E-state index in [9.17, 15) is 14.0 Å². The summed E-state index contributed by atoms with van der Waals surface area (Å²) >= 11 is 0. The molecule has 1 fully saturated rings. The zero-order valence-electron chi connectivity index (χ0n) is 14.7. The number of amides is 1. The molecule has 1 aromatic carbocycles. The average Bonchev–Trinajstić information content (AvgIpc) is 3.09. The molecule has 1 aliphatic carbocycles. The van der Waals surface area contributed by atoms with E-state index in [1.54, 1.807) is 17.9 Å². The average molecular weight is 335 g/mol. The first kappa shape index (κ1) is 18.4. The highest BCUT2D eigenvalue weighted by molar-refractivity contribution is 5.89. The molecule has 0 heterocycles. The monoisotopic (exact) mass is 335 g/mol. The zero-order valence-corrected chi connectivity index (χ0v) is 14.7. The quantitative estimate of drug-likeness (QED) is 0.750. The molecule has 5 heteroatoms. The van der Waals surface area contributed by atoms with Crippen LogP contribution in [0.5, 0.6) is 0 Å². The van der Waals surface area contributed by atoms with Crippen LogP contribution in [0, 0.1) is 11.7 Å². The molecule has 1 amide bonds. The smallest absolute Gasteiger partial charge is 0.310 e. The largest absolute Gasteiger partial charge is 0.469 e. The molecule has 1 atom stereocenters. The van der Waals surface area contributed by atoms with Gasteiger partial charge in [0.1, 0.15) is 5.82 Å². The summed E-state index contributed by atoms with van der Waals surface area (Å²) in [7, 11) is 1.35. The first-order valence-electron chi connectivity index (χ1n) is 8.58. The summed E-state index contributed by atoms with van der Waals surface area (Å²) in [6, 6.07) is 6.36. The van der Waals surface area contributed by atoms with E-state index in [-0.39, 0.29) is 23.6 Å². The van der Waals surface area contributed by atoms with Crippen LogP contribution in [-0.4, -0.2) is 37.0 Å². The molecule has 1 unspecified atom stereocenters. The molecule has 0 aromatic heterocycles. The number of nitrogens with zero attached hydrogens (tertiary/aromatic N) is 1. The van der Waals surface area contributed by atoms with E-state index < -0.39 is 5.41 Å². The van der Waals surface area contributed by atoms with Crippen LogP contribution in [0.1, 0.15) is 45.1 Å². The van der Waals surface area contributed by atoms with Gasteiger partial charge in [-0.15, -0.1) is 0 Å². The predicted octanol–water partition coefficient (Wildman–Crippen LogP) is 3.30. The highest BCUT2D eigenvalue weighted by atomic mass is 19.1. The summed E-state index contributed by atoms with van der Waals surface area (Å²) in [5.74, 6) is -1.04. The Morgan fingerprint density at radius 2 is 2.00 bits per heavy atom. The standard InChI is InChI=1S/C19H26FNO3/c1-4-21(13-14(2)17(22)24-3)18(23)19(10-5-6-11-19)15-8-7-9-16(20)12-15/h7-9,12,14H,4-6,10-11,13H2,1-3H3. The fourth-order valence-electron chi connectivity index (χ4n) is 3.66. The van der Waals surface area contributed by atoms with Gasteiger partial charge in [0.15, 0.2) is 0 Å². The number of methoxy groups -OCH3 is 1. The minimum absolute atomic E-state index is 0.0103. The maximum Gasteiger partial charge on any atom is 0.310 e. The van der Waals surface area contributed by atoms with Gasteiger partial charge in [-0.05, 0) is 37.5 Å². The first-order valence-corrected chi connectivity index (χ1v) is 8.58. The topological polar surface area (TPSA) is 46.6 Å². The molecule has 1 aromatic rings. The summed E-state index contributed by atoms with van der Waals surface area (Å²) in [6.45, 7) is 4.48. The van der Waals surface area contributed by atoms with Crippen molar-refractivity contribution >= 4 is 11.9 Å². The van der Waals surface area contributed by atoms with Gasteiger partial charge < -0.3 is 9.64 Å². The minimum atomic E-state index is -0.673. The van der Waals surface area contributed by atoms with Crippen molar-refractivity contribution in [2.75, 3.05) is 20.2 Å². The number of benzene rings is 1. The second-order valence-electron chi connectivity index (χ2n) is 6.57. The number of ether oxygens (including phenoxy) is 1. The Balaban J connectivity index is 2.29. The number of carbonyl (C=O) groups is 2. The van der Waals surface area contributed by atoms with Crippen LogP contribution >= 0.6 is 0 Å². The number of hydrogen-bond acceptors (Lipinski definition) is 3. The lowest BCUT2D eigenvalue weighted by Crippen LogP contribution is -2.47. The van der Waals surface area contributed by atoms with Gasteiger partial charge in [0.05, 0.1) is 18.4 Å². The van der Waals surface area contributed by atoms with Crippen LogP contribution in [-0.2, 0) is 19.7 Å². The van der Waals surface area contributed by atoms with Gasteiger partial charge in [0.2, 0.25) is 5.91 Å². The predicted molar refractivity (Wildman–Crippen MR) is 90.0 cm³/mol. The summed E-state index contributed by atoms with van der Waals surface area (Å²) in [6.07, 6.45) is 3.34. The SMILES string of the molecule is CCN(CC(C)C(=O)OC)C(=O)C1(c2cccc(F)c2)CCCC1. The number of carbonyl (C=O) groups excluding carboxylic acids is 2. The second kappa shape index (κ2) is 7.77. The second-order valence-corrected chi connectivity index (χ2v) is 6.57. The number of rotatable bonds is 6. The molecule has 0 spiro atoms. The normalized spacial score (nSPS) is 17.3. The van der Waals surface area contributed by atoms with Crippen molar-refractivity contribution in [3.05, 3.63) is 35.6 Å². The van der Waals surface area contributed by atoms with Gasteiger partial charge in [-0.2, -0.15) is 0 Å². The molecule has 132 valence electrons. The van der Waals surface area contributed by atoms with Crippen molar-refractivity contribution in [2.45, 2.75) is 44.9 Å². The van der Waals surface area contributed by atoms with Crippen molar-refractivity contribution < 1.29 is 18.7 Å².